The van der Waals surface area contributed by atoms with Gasteiger partial charge in [0.1, 0.15) is 0 Å². The Hall–Kier alpha value is -0.810. The van der Waals surface area contributed by atoms with E-state index in [-0.39, 0.29) is 0 Å². The van der Waals surface area contributed by atoms with Gasteiger partial charge in [-0.1, -0.05) is 0 Å². The molecule has 0 amide bonds. The van der Waals surface area contributed by atoms with Crippen LogP contribution >= 0.6 is 0 Å². The van der Waals surface area contributed by atoms with Gasteiger partial charge in [0.25, 0.3) is 5.67 Å². The van der Waals surface area contributed by atoms with Crippen LogP contribution in [0.4, 0.5) is 48.4 Å². The van der Waals surface area contributed by atoms with Gasteiger partial charge in [-0.2, -0.15) is 44.5 Å². The van der Waals surface area contributed by atoms with Crippen LogP contribution < -0.4 is 0 Å². The Balaban J connectivity index is 5.42. The van der Waals surface area contributed by atoms with E-state index >= 15 is 0 Å². The van der Waals surface area contributed by atoms with E-state index in [1.165, 1.54) is 0 Å². The summed E-state index contributed by atoms with van der Waals surface area (Å²) in [6.45, 7) is -1.42. The molecule has 1 nitrogen and oxygen atoms in total. The molecule has 0 spiro atoms. The summed E-state index contributed by atoms with van der Waals surface area (Å²) in [6.07, 6.45) is -23.3. The zero-order valence-electron chi connectivity index (χ0n) is 9.26. The van der Waals surface area contributed by atoms with Crippen molar-refractivity contribution in [1.29, 1.82) is 0 Å². The molecule has 0 bridgehead atoms. The number of hydrogen-bond donors (Lipinski definition) is 0. The monoisotopic (exact) mass is 328 g/mol. The first-order chi connectivity index (χ1) is 8.67. The zero-order valence-corrected chi connectivity index (χ0v) is 9.26. The highest BCUT2D eigenvalue weighted by molar-refractivity contribution is 4.97. The molecular weight excluding hydrogens is 321 g/mol. The Morgan fingerprint density at radius 3 is 1.40 bits per heavy atom. The van der Waals surface area contributed by atoms with Crippen molar-refractivity contribution < 1.29 is 53.4 Å². The number of hydrogen-bond acceptors (Lipinski definition) is 1. The summed E-state index contributed by atoms with van der Waals surface area (Å²) >= 11 is 0. The Labute approximate surface area is 104 Å². The normalized spacial score (nSPS) is 16.4. The SMILES string of the molecule is FOCCC(CC(F)(C(F)(F)F)C(F)(F)F)C(F)(F)F. The van der Waals surface area contributed by atoms with Crippen LogP contribution in [0, 0.1) is 5.92 Å². The smallest absolute Gasteiger partial charge is 0.224 e. The molecule has 0 aliphatic heterocycles. The molecule has 1 unspecified atom stereocenters. The molecule has 0 saturated heterocycles. The fraction of sp³-hybridized carbons (Fsp3) is 1.00. The summed E-state index contributed by atoms with van der Waals surface area (Å²) in [7, 11) is 0. The second-order valence-corrected chi connectivity index (χ2v) is 3.84. The minimum atomic E-state index is -6.59. The van der Waals surface area contributed by atoms with Gasteiger partial charge in [0.15, 0.2) is 0 Å². The highest BCUT2D eigenvalue weighted by Crippen LogP contribution is 2.52. The van der Waals surface area contributed by atoms with Crippen LogP contribution in [-0.4, -0.2) is 30.8 Å². The Bertz CT molecular complexity index is 287. The fourth-order valence-electron chi connectivity index (χ4n) is 1.30. The molecule has 0 fully saturated rings. The van der Waals surface area contributed by atoms with Crippen molar-refractivity contribution >= 4 is 0 Å². The summed E-state index contributed by atoms with van der Waals surface area (Å²) < 4.78 is 134. The van der Waals surface area contributed by atoms with Crippen LogP contribution in [0.15, 0.2) is 0 Å². The second kappa shape index (κ2) is 5.90. The van der Waals surface area contributed by atoms with E-state index in [1.807, 2.05) is 0 Å². The van der Waals surface area contributed by atoms with Crippen LogP contribution in [0.2, 0.25) is 0 Å². The molecule has 122 valence electrons. The van der Waals surface area contributed by atoms with Gasteiger partial charge in [0.05, 0.1) is 12.5 Å². The van der Waals surface area contributed by atoms with Crippen molar-refractivity contribution in [3.63, 3.8) is 0 Å². The molecule has 0 radical (unpaired) electrons. The fourth-order valence-corrected chi connectivity index (χ4v) is 1.30. The van der Waals surface area contributed by atoms with Crippen molar-refractivity contribution in [2.75, 3.05) is 6.61 Å². The van der Waals surface area contributed by atoms with Crippen molar-refractivity contribution in [3.8, 4) is 0 Å². The van der Waals surface area contributed by atoms with E-state index < -0.39 is 49.6 Å². The van der Waals surface area contributed by atoms with Gasteiger partial charge in [-0.3, -0.25) is 0 Å². The number of rotatable bonds is 5. The quantitative estimate of drug-likeness (QED) is 0.666. The lowest BCUT2D eigenvalue weighted by molar-refractivity contribution is -0.352. The van der Waals surface area contributed by atoms with Gasteiger partial charge >= 0.3 is 18.5 Å². The molecule has 0 saturated carbocycles. The summed E-state index contributed by atoms with van der Waals surface area (Å²) in [5, 5.41) is 0. The molecule has 0 aliphatic rings. The third-order valence-corrected chi connectivity index (χ3v) is 2.43. The van der Waals surface area contributed by atoms with Crippen molar-refractivity contribution in [1.82, 2.24) is 0 Å². The van der Waals surface area contributed by atoms with Crippen molar-refractivity contribution in [2.24, 2.45) is 5.92 Å². The summed E-state index contributed by atoms with van der Waals surface area (Å²) in [5.74, 6) is -3.37. The van der Waals surface area contributed by atoms with E-state index in [0.29, 0.717) is 0 Å². The molecule has 0 heterocycles. The maximum atomic E-state index is 13.1. The molecule has 12 heteroatoms. The Kier molecular flexibility index (Phi) is 5.66. The highest BCUT2D eigenvalue weighted by atomic mass is 19.4. The van der Waals surface area contributed by atoms with Crippen molar-refractivity contribution in [3.05, 3.63) is 0 Å². The molecule has 0 aromatic heterocycles. The van der Waals surface area contributed by atoms with E-state index in [4.69, 9.17) is 0 Å². The second-order valence-electron chi connectivity index (χ2n) is 3.84. The van der Waals surface area contributed by atoms with Gasteiger partial charge in [0.2, 0.25) is 0 Å². The first kappa shape index (κ1) is 19.2. The van der Waals surface area contributed by atoms with E-state index in [0.717, 1.165) is 0 Å². The van der Waals surface area contributed by atoms with Gasteiger partial charge in [0, 0.05) is 6.42 Å². The Morgan fingerprint density at radius 2 is 1.15 bits per heavy atom. The van der Waals surface area contributed by atoms with E-state index in [9.17, 15) is 48.4 Å². The van der Waals surface area contributed by atoms with Crippen LogP contribution in [0.1, 0.15) is 12.8 Å². The van der Waals surface area contributed by atoms with E-state index in [2.05, 4.69) is 4.94 Å². The van der Waals surface area contributed by atoms with Crippen molar-refractivity contribution in [2.45, 2.75) is 37.0 Å². The summed E-state index contributed by atoms with van der Waals surface area (Å²) in [5.41, 5.74) is -6.05. The molecule has 1 atom stereocenters. The van der Waals surface area contributed by atoms with Crippen LogP contribution in [0.25, 0.3) is 0 Å². The number of alkyl halides is 10. The maximum absolute atomic E-state index is 13.1. The lowest BCUT2D eigenvalue weighted by atomic mass is 9.88. The van der Waals surface area contributed by atoms with E-state index in [1.54, 1.807) is 0 Å². The van der Waals surface area contributed by atoms with Crippen LogP contribution in [0.5, 0.6) is 0 Å². The average molecular weight is 328 g/mol. The lowest BCUT2D eigenvalue weighted by Crippen LogP contribution is -2.55. The predicted molar refractivity (Wildman–Crippen MR) is 41.8 cm³/mol. The highest BCUT2D eigenvalue weighted by Gasteiger charge is 2.73. The van der Waals surface area contributed by atoms with Crippen LogP contribution in [-0.2, 0) is 4.94 Å². The third-order valence-electron chi connectivity index (χ3n) is 2.43. The minimum absolute atomic E-state index is 1.42. The molecule has 0 aliphatic carbocycles. The number of halogens is 11. The molecule has 0 rings (SSSR count). The predicted octanol–water partition coefficient (Wildman–Crippen LogP) is 4.68. The van der Waals surface area contributed by atoms with Gasteiger partial charge in [-0.15, -0.1) is 0 Å². The first-order valence-electron chi connectivity index (χ1n) is 4.79. The lowest BCUT2D eigenvalue weighted by Gasteiger charge is -2.33. The topological polar surface area (TPSA) is 9.23 Å². The van der Waals surface area contributed by atoms with Gasteiger partial charge in [-0.05, 0) is 10.9 Å². The van der Waals surface area contributed by atoms with Crippen LogP contribution in [0.3, 0.4) is 0 Å². The maximum Gasteiger partial charge on any atom is 0.431 e. The molecule has 0 aromatic rings. The molecule has 0 N–H and O–H groups in total. The van der Waals surface area contributed by atoms with Gasteiger partial charge < -0.3 is 0 Å². The minimum Gasteiger partial charge on any atom is -0.224 e. The summed E-state index contributed by atoms with van der Waals surface area (Å²) in [6, 6.07) is 0. The van der Waals surface area contributed by atoms with Gasteiger partial charge in [-0.25, -0.2) is 4.39 Å². The molecule has 20 heavy (non-hydrogen) atoms. The Morgan fingerprint density at radius 1 is 0.750 bits per heavy atom. The summed E-state index contributed by atoms with van der Waals surface area (Å²) in [4.78, 5) is 2.67. The first-order valence-corrected chi connectivity index (χ1v) is 4.79. The third kappa shape index (κ3) is 4.35. The standard InChI is InChI=1S/C8H7F11O/c9-5(7(13,14)15,8(16,17)18)3-4(1-2-20-19)6(10,11)12/h4H,1-3H2. The molecule has 0 aromatic carbocycles. The largest absolute Gasteiger partial charge is 0.431 e. The zero-order chi connectivity index (χ0) is 16.4. The average Bonchev–Trinajstić information content (AvgIpc) is 2.18. The molecular formula is C8H7F11O.